The van der Waals surface area contributed by atoms with Crippen LogP contribution < -0.4 is 9.46 Å². The number of nitrogens with one attached hydrogen (secondary N) is 1. The second-order valence-electron chi connectivity index (χ2n) is 6.15. The Bertz CT molecular complexity index is 969. The zero-order chi connectivity index (χ0) is 18.4. The third-order valence-electron chi connectivity index (χ3n) is 4.11. The molecule has 0 amide bonds. The van der Waals surface area contributed by atoms with Crippen LogP contribution in [0, 0.1) is 0 Å². The SMILES string of the molecule is CCCOc1ccc2cc(S(=O)(=O)NCCc3ccccc3)ccc2c1. The van der Waals surface area contributed by atoms with Gasteiger partial charge in [0, 0.05) is 6.54 Å². The van der Waals surface area contributed by atoms with Gasteiger partial charge in [0.2, 0.25) is 10.0 Å². The standard InChI is InChI=1S/C21H23NO3S/c1-2-14-25-20-10-8-19-16-21(11-9-18(19)15-20)26(23,24)22-13-12-17-6-4-3-5-7-17/h3-11,15-16,22H,2,12-14H2,1H3. The lowest BCUT2D eigenvalue weighted by Gasteiger charge is -2.09. The van der Waals surface area contributed by atoms with Crippen molar-refractivity contribution < 1.29 is 13.2 Å². The first-order chi connectivity index (χ1) is 12.6. The molecule has 0 unspecified atom stereocenters. The minimum atomic E-state index is -3.53. The van der Waals surface area contributed by atoms with Gasteiger partial charge in [0.15, 0.2) is 0 Å². The number of benzene rings is 3. The molecule has 0 aliphatic rings. The molecule has 0 saturated heterocycles. The van der Waals surface area contributed by atoms with Crippen molar-refractivity contribution in [2.45, 2.75) is 24.7 Å². The molecule has 0 spiro atoms. The Balaban J connectivity index is 1.71. The van der Waals surface area contributed by atoms with Crippen molar-refractivity contribution in [1.82, 2.24) is 4.72 Å². The van der Waals surface area contributed by atoms with E-state index in [1.165, 1.54) is 0 Å². The molecule has 1 N–H and O–H groups in total. The van der Waals surface area contributed by atoms with Crippen LogP contribution in [0.2, 0.25) is 0 Å². The molecular formula is C21H23NO3S. The Labute approximate surface area is 154 Å². The highest BCUT2D eigenvalue weighted by Crippen LogP contribution is 2.24. The van der Waals surface area contributed by atoms with E-state index in [2.05, 4.69) is 11.6 Å². The summed E-state index contributed by atoms with van der Waals surface area (Å²) in [5, 5.41) is 1.83. The Kier molecular flexibility index (Phi) is 5.91. The van der Waals surface area contributed by atoms with Crippen molar-refractivity contribution in [3.8, 4) is 5.75 Å². The van der Waals surface area contributed by atoms with E-state index in [4.69, 9.17) is 4.74 Å². The minimum absolute atomic E-state index is 0.278. The molecule has 0 bridgehead atoms. The van der Waals surface area contributed by atoms with Gasteiger partial charge in [-0.3, -0.25) is 0 Å². The van der Waals surface area contributed by atoms with Crippen LogP contribution in [0.1, 0.15) is 18.9 Å². The van der Waals surface area contributed by atoms with Crippen LogP contribution in [-0.2, 0) is 16.4 Å². The molecule has 4 nitrogen and oxygen atoms in total. The molecule has 0 atom stereocenters. The molecule has 0 radical (unpaired) electrons. The van der Waals surface area contributed by atoms with Gasteiger partial charge in [-0.2, -0.15) is 0 Å². The van der Waals surface area contributed by atoms with Gasteiger partial charge in [-0.25, -0.2) is 13.1 Å². The summed E-state index contributed by atoms with van der Waals surface area (Å²) in [5.74, 6) is 0.802. The molecule has 5 heteroatoms. The average molecular weight is 369 g/mol. The zero-order valence-electron chi connectivity index (χ0n) is 14.8. The number of hydrogen-bond donors (Lipinski definition) is 1. The minimum Gasteiger partial charge on any atom is -0.494 e. The van der Waals surface area contributed by atoms with E-state index < -0.39 is 10.0 Å². The molecule has 0 fully saturated rings. The maximum absolute atomic E-state index is 12.5. The quantitative estimate of drug-likeness (QED) is 0.649. The fraction of sp³-hybridized carbons (Fsp3) is 0.238. The smallest absolute Gasteiger partial charge is 0.240 e. The molecule has 0 aliphatic carbocycles. The number of sulfonamides is 1. The molecule has 3 aromatic carbocycles. The first-order valence-electron chi connectivity index (χ1n) is 8.79. The zero-order valence-corrected chi connectivity index (χ0v) is 15.6. The summed E-state index contributed by atoms with van der Waals surface area (Å²) in [6.07, 6.45) is 1.61. The van der Waals surface area contributed by atoms with Gasteiger partial charge >= 0.3 is 0 Å². The van der Waals surface area contributed by atoms with Crippen LogP contribution in [0.5, 0.6) is 5.75 Å². The van der Waals surface area contributed by atoms with E-state index >= 15 is 0 Å². The van der Waals surface area contributed by atoms with Gasteiger partial charge in [0.1, 0.15) is 5.75 Å². The Morgan fingerprint density at radius 1 is 0.923 bits per heavy atom. The van der Waals surface area contributed by atoms with Crippen LogP contribution in [0.4, 0.5) is 0 Å². The summed E-state index contributed by atoms with van der Waals surface area (Å²) in [6, 6.07) is 20.7. The Hall–Kier alpha value is -2.37. The van der Waals surface area contributed by atoms with Crippen molar-refractivity contribution >= 4 is 20.8 Å². The Morgan fingerprint density at radius 2 is 1.65 bits per heavy atom. The van der Waals surface area contributed by atoms with E-state index in [1.807, 2.05) is 54.6 Å². The van der Waals surface area contributed by atoms with Crippen LogP contribution >= 0.6 is 0 Å². The number of hydrogen-bond acceptors (Lipinski definition) is 3. The van der Waals surface area contributed by atoms with Crippen LogP contribution in [0.15, 0.2) is 71.6 Å². The highest BCUT2D eigenvalue weighted by Gasteiger charge is 2.14. The molecule has 0 aliphatic heterocycles. The molecule has 0 heterocycles. The second-order valence-corrected chi connectivity index (χ2v) is 7.92. The molecular weight excluding hydrogens is 346 g/mol. The van der Waals surface area contributed by atoms with E-state index in [-0.39, 0.29) is 4.90 Å². The number of ether oxygens (including phenoxy) is 1. The monoisotopic (exact) mass is 369 g/mol. The maximum atomic E-state index is 12.5. The van der Waals surface area contributed by atoms with Gasteiger partial charge < -0.3 is 4.74 Å². The third-order valence-corrected chi connectivity index (χ3v) is 5.57. The fourth-order valence-corrected chi connectivity index (χ4v) is 3.80. The lowest BCUT2D eigenvalue weighted by Crippen LogP contribution is -2.25. The van der Waals surface area contributed by atoms with Crippen LogP contribution in [0.25, 0.3) is 10.8 Å². The van der Waals surface area contributed by atoms with E-state index in [0.29, 0.717) is 19.6 Å². The number of rotatable bonds is 8. The molecule has 3 rings (SSSR count). The van der Waals surface area contributed by atoms with Crippen molar-refractivity contribution in [3.63, 3.8) is 0 Å². The summed E-state index contributed by atoms with van der Waals surface area (Å²) in [5.41, 5.74) is 1.10. The average Bonchev–Trinajstić information content (AvgIpc) is 2.66. The maximum Gasteiger partial charge on any atom is 0.240 e. The fourth-order valence-electron chi connectivity index (χ4n) is 2.74. The number of fused-ring (bicyclic) bond motifs is 1. The van der Waals surface area contributed by atoms with Crippen molar-refractivity contribution in [2.24, 2.45) is 0 Å². The van der Waals surface area contributed by atoms with Gasteiger partial charge in [-0.05, 0) is 53.4 Å². The van der Waals surface area contributed by atoms with Gasteiger partial charge in [-0.1, -0.05) is 49.4 Å². The summed E-state index contributed by atoms with van der Waals surface area (Å²) in [4.78, 5) is 0.278. The summed E-state index contributed by atoms with van der Waals surface area (Å²) >= 11 is 0. The lowest BCUT2D eigenvalue weighted by molar-refractivity contribution is 0.318. The molecule has 0 saturated carbocycles. The topological polar surface area (TPSA) is 55.4 Å². The van der Waals surface area contributed by atoms with Crippen molar-refractivity contribution in [3.05, 3.63) is 72.3 Å². The molecule has 136 valence electrons. The molecule has 26 heavy (non-hydrogen) atoms. The summed E-state index contributed by atoms with van der Waals surface area (Å²) in [7, 11) is -3.53. The van der Waals surface area contributed by atoms with Crippen molar-refractivity contribution in [2.75, 3.05) is 13.2 Å². The van der Waals surface area contributed by atoms with Gasteiger partial charge in [0.25, 0.3) is 0 Å². The predicted molar refractivity (Wildman–Crippen MR) is 105 cm³/mol. The third kappa shape index (κ3) is 4.62. The predicted octanol–water partition coefficient (Wildman–Crippen LogP) is 4.15. The molecule has 0 aromatic heterocycles. The van der Waals surface area contributed by atoms with Gasteiger partial charge in [0.05, 0.1) is 11.5 Å². The normalized spacial score (nSPS) is 11.6. The van der Waals surface area contributed by atoms with Crippen LogP contribution in [-0.4, -0.2) is 21.6 Å². The van der Waals surface area contributed by atoms with Crippen molar-refractivity contribution in [1.29, 1.82) is 0 Å². The first-order valence-corrected chi connectivity index (χ1v) is 10.3. The van der Waals surface area contributed by atoms with Crippen LogP contribution in [0.3, 0.4) is 0 Å². The second kappa shape index (κ2) is 8.34. The largest absolute Gasteiger partial charge is 0.494 e. The van der Waals surface area contributed by atoms with E-state index in [1.54, 1.807) is 12.1 Å². The lowest BCUT2D eigenvalue weighted by atomic mass is 10.1. The van der Waals surface area contributed by atoms with Gasteiger partial charge in [-0.15, -0.1) is 0 Å². The summed E-state index contributed by atoms with van der Waals surface area (Å²) in [6.45, 7) is 3.10. The highest BCUT2D eigenvalue weighted by molar-refractivity contribution is 7.89. The Morgan fingerprint density at radius 3 is 2.42 bits per heavy atom. The highest BCUT2D eigenvalue weighted by atomic mass is 32.2. The molecule has 3 aromatic rings. The van der Waals surface area contributed by atoms with E-state index in [0.717, 1.165) is 28.5 Å². The van der Waals surface area contributed by atoms with E-state index in [9.17, 15) is 8.42 Å². The first kappa shape index (κ1) is 18.4. The summed E-state index contributed by atoms with van der Waals surface area (Å²) < 4.78 is 33.4.